The molecule has 1 aliphatic rings. The first-order valence-electron chi connectivity index (χ1n) is 6.55. The molecule has 7 nitrogen and oxygen atoms in total. The summed E-state index contributed by atoms with van der Waals surface area (Å²) in [7, 11) is -2.32. The van der Waals surface area contributed by atoms with Gasteiger partial charge in [-0.15, -0.1) is 0 Å². The van der Waals surface area contributed by atoms with E-state index in [4.69, 9.17) is 0 Å². The topological polar surface area (TPSA) is 95.6 Å². The third-order valence-corrected chi connectivity index (χ3v) is 4.67. The highest BCUT2D eigenvalue weighted by atomic mass is 32.2. The second-order valence-corrected chi connectivity index (χ2v) is 6.39. The van der Waals surface area contributed by atoms with Crippen molar-refractivity contribution in [2.45, 2.75) is 11.8 Å². The summed E-state index contributed by atoms with van der Waals surface area (Å²) in [6.45, 7) is 3.44. The van der Waals surface area contributed by atoms with Crippen molar-refractivity contribution in [1.29, 1.82) is 0 Å². The molecule has 0 unspecified atom stereocenters. The molecule has 2 amide bonds. The number of amides is 2. The molecule has 0 saturated carbocycles. The first-order valence-corrected chi connectivity index (χ1v) is 8.03. The third-order valence-electron chi connectivity index (χ3n) is 3.22. The quantitative estimate of drug-likeness (QED) is 0.560. The van der Waals surface area contributed by atoms with Crippen LogP contribution in [0.5, 0.6) is 0 Å². The van der Waals surface area contributed by atoms with Gasteiger partial charge in [-0.05, 0) is 24.7 Å². The Balaban J connectivity index is 2.23. The molecule has 0 radical (unpaired) electrons. The number of benzene rings is 1. The lowest BCUT2D eigenvalue weighted by Crippen LogP contribution is -2.31. The first kappa shape index (κ1) is 15.6. The van der Waals surface area contributed by atoms with Gasteiger partial charge in [0.05, 0.1) is 16.0 Å². The second-order valence-electron chi connectivity index (χ2n) is 4.63. The highest BCUT2D eigenvalue weighted by Gasteiger charge is 2.33. The van der Waals surface area contributed by atoms with Crippen molar-refractivity contribution in [2.75, 3.05) is 26.7 Å². The Hall–Kier alpha value is -1.77. The van der Waals surface area contributed by atoms with Gasteiger partial charge in [0, 0.05) is 20.1 Å². The lowest BCUT2D eigenvalue weighted by atomic mass is 10.1. The standard InChI is InChI=1S/C13H17N3O4S/c1-3-14-6-7-15-21(19,20)9-4-5-10-11(8-9)13(18)16(2)12(10)17/h4-5,8,14-15H,3,6-7H2,1-2H3. The third kappa shape index (κ3) is 2.97. The summed E-state index contributed by atoms with van der Waals surface area (Å²) >= 11 is 0. The fourth-order valence-corrected chi connectivity index (χ4v) is 3.10. The Bertz CT molecular complexity index is 685. The summed E-state index contributed by atoms with van der Waals surface area (Å²) in [5.41, 5.74) is 0.353. The maximum absolute atomic E-state index is 12.1. The molecule has 0 bridgehead atoms. The van der Waals surface area contributed by atoms with E-state index in [2.05, 4.69) is 10.0 Å². The van der Waals surface area contributed by atoms with Gasteiger partial charge >= 0.3 is 0 Å². The number of hydrogen-bond donors (Lipinski definition) is 2. The van der Waals surface area contributed by atoms with Gasteiger partial charge in [-0.25, -0.2) is 13.1 Å². The number of likely N-dealkylation sites (N-methyl/N-ethyl adjacent to an activating group) is 1. The van der Waals surface area contributed by atoms with Crippen LogP contribution in [0.15, 0.2) is 23.1 Å². The zero-order valence-electron chi connectivity index (χ0n) is 11.8. The van der Waals surface area contributed by atoms with Crippen LogP contribution in [-0.2, 0) is 10.0 Å². The monoisotopic (exact) mass is 311 g/mol. The summed E-state index contributed by atoms with van der Waals surface area (Å²) in [4.78, 5) is 24.6. The van der Waals surface area contributed by atoms with Gasteiger partial charge in [-0.1, -0.05) is 6.92 Å². The summed E-state index contributed by atoms with van der Waals surface area (Å²) < 4.78 is 26.7. The predicted octanol–water partition coefficient (Wildman–Crippen LogP) is -0.200. The van der Waals surface area contributed by atoms with Crippen molar-refractivity contribution in [3.63, 3.8) is 0 Å². The number of imide groups is 1. The Labute approximate surface area is 123 Å². The van der Waals surface area contributed by atoms with Crippen LogP contribution in [-0.4, -0.2) is 51.8 Å². The number of nitrogens with zero attached hydrogens (tertiary/aromatic N) is 1. The molecule has 1 aromatic carbocycles. The number of sulfonamides is 1. The molecule has 1 heterocycles. The average molecular weight is 311 g/mol. The SMILES string of the molecule is CCNCCNS(=O)(=O)c1ccc2c(c1)C(=O)N(C)C2=O. The minimum Gasteiger partial charge on any atom is -0.316 e. The van der Waals surface area contributed by atoms with E-state index in [0.717, 1.165) is 11.4 Å². The smallest absolute Gasteiger partial charge is 0.261 e. The van der Waals surface area contributed by atoms with Crippen LogP contribution in [0, 0.1) is 0 Å². The summed E-state index contributed by atoms with van der Waals surface area (Å²) in [6, 6.07) is 3.95. The van der Waals surface area contributed by atoms with E-state index >= 15 is 0 Å². The maximum atomic E-state index is 12.1. The van der Waals surface area contributed by atoms with E-state index < -0.39 is 21.8 Å². The molecule has 0 aromatic heterocycles. The molecule has 2 rings (SSSR count). The molecule has 0 aliphatic carbocycles. The van der Waals surface area contributed by atoms with Crippen LogP contribution in [0.2, 0.25) is 0 Å². The number of rotatable bonds is 6. The van der Waals surface area contributed by atoms with Crippen LogP contribution in [0.4, 0.5) is 0 Å². The number of carbonyl (C=O) groups is 2. The summed E-state index contributed by atoms with van der Waals surface area (Å²) in [5.74, 6) is -0.904. The van der Waals surface area contributed by atoms with E-state index in [1.807, 2.05) is 6.92 Å². The lowest BCUT2D eigenvalue weighted by molar-refractivity contribution is 0.0693. The highest BCUT2D eigenvalue weighted by molar-refractivity contribution is 7.89. The van der Waals surface area contributed by atoms with E-state index in [-0.39, 0.29) is 22.6 Å². The van der Waals surface area contributed by atoms with Crippen molar-refractivity contribution >= 4 is 21.8 Å². The van der Waals surface area contributed by atoms with E-state index in [9.17, 15) is 18.0 Å². The molecule has 1 aliphatic heterocycles. The van der Waals surface area contributed by atoms with E-state index in [1.54, 1.807) is 0 Å². The molecule has 0 spiro atoms. The molecular formula is C13H17N3O4S. The Morgan fingerprint density at radius 2 is 1.76 bits per heavy atom. The molecule has 21 heavy (non-hydrogen) atoms. The number of fused-ring (bicyclic) bond motifs is 1. The molecule has 2 N–H and O–H groups in total. The molecule has 8 heteroatoms. The number of carbonyl (C=O) groups excluding carboxylic acids is 2. The van der Waals surface area contributed by atoms with Crippen molar-refractivity contribution in [2.24, 2.45) is 0 Å². The molecular weight excluding hydrogens is 294 g/mol. The Morgan fingerprint density at radius 3 is 2.43 bits per heavy atom. The lowest BCUT2D eigenvalue weighted by Gasteiger charge is -2.07. The van der Waals surface area contributed by atoms with Crippen molar-refractivity contribution in [3.05, 3.63) is 29.3 Å². The van der Waals surface area contributed by atoms with Crippen molar-refractivity contribution < 1.29 is 18.0 Å². The van der Waals surface area contributed by atoms with Gasteiger partial charge in [-0.3, -0.25) is 14.5 Å². The molecule has 1 aromatic rings. The molecule has 114 valence electrons. The maximum Gasteiger partial charge on any atom is 0.261 e. The number of hydrogen-bond acceptors (Lipinski definition) is 5. The van der Waals surface area contributed by atoms with Gasteiger partial charge in [-0.2, -0.15) is 0 Å². The second kappa shape index (κ2) is 5.92. The van der Waals surface area contributed by atoms with Crippen LogP contribution in [0.25, 0.3) is 0 Å². The molecule has 0 atom stereocenters. The van der Waals surface area contributed by atoms with Crippen LogP contribution in [0.3, 0.4) is 0 Å². The van der Waals surface area contributed by atoms with Crippen LogP contribution in [0.1, 0.15) is 27.6 Å². The van der Waals surface area contributed by atoms with Gasteiger partial charge in [0.15, 0.2) is 0 Å². The van der Waals surface area contributed by atoms with Crippen molar-refractivity contribution in [3.8, 4) is 0 Å². The average Bonchev–Trinajstić information content (AvgIpc) is 2.68. The zero-order chi connectivity index (χ0) is 15.6. The van der Waals surface area contributed by atoms with Crippen LogP contribution >= 0.6 is 0 Å². The van der Waals surface area contributed by atoms with Gasteiger partial charge in [0.25, 0.3) is 11.8 Å². The Kier molecular flexibility index (Phi) is 4.40. The van der Waals surface area contributed by atoms with E-state index in [0.29, 0.717) is 6.54 Å². The molecule has 0 fully saturated rings. The van der Waals surface area contributed by atoms with Gasteiger partial charge in [0.1, 0.15) is 0 Å². The summed E-state index contributed by atoms with van der Waals surface area (Å²) in [6.07, 6.45) is 0. The normalized spacial score (nSPS) is 14.7. The largest absolute Gasteiger partial charge is 0.316 e. The fraction of sp³-hybridized carbons (Fsp3) is 0.385. The molecule has 0 saturated heterocycles. The fourth-order valence-electron chi connectivity index (χ4n) is 2.04. The Morgan fingerprint density at radius 1 is 1.10 bits per heavy atom. The van der Waals surface area contributed by atoms with E-state index in [1.165, 1.54) is 25.2 Å². The first-order chi connectivity index (χ1) is 9.88. The van der Waals surface area contributed by atoms with Crippen molar-refractivity contribution in [1.82, 2.24) is 14.9 Å². The number of nitrogens with one attached hydrogen (secondary N) is 2. The minimum atomic E-state index is -3.69. The highest BCUT2D eigenvalue weighted by Crippen LogP contribution is 2.24. The van der Waals surface area contributed by atoms with Gasteiger partial charge < -0.3 is 5.32 Å². The van der Waals surface area contributed by atoms with Crippen LogP contribution < -0.4 is 10.0 Å². The van der Waals surface area contributed by atoms with Gasteiger partial charge in [0.2, 0.25) is 10.0 Å². The zero-order valence-corrected chi connectivity index (χ0v) is 12.7. The minimum absolute atomic E-state index is 0.0193. The summed E-state index contributed by atoms with van der Waals surface area (Å²) in [5, 5.41) is 3.00. The predicted molar refractivity (Wildman–Crippen MR) is 76.6 cm³/mol.